The molecular weight excluding hydrogens is 521 g/mol. The number of carbonyl (C=O) groups is 1. The van der Waals surface area contributed by atoms with E-state index in [1.54, 1.807) is 4.72 Å². The summed E-state index contributed by atoms with van der Waals surface area (Å²) in [5.74, 6) is -8.48. The first-order valence-electron chi connectivity index (χ1n) is 10.8. The van der Waals surface area contributed by atoms with E-state index in [0.29, 0.717) is 24.6 Å². The molecule has 4 aromatic rings. The van der Waals surface area contributed by atoms with Crippen LogP contribution in [-0.2, 0) is 10.0 Å². The molecule has 0 spiro atoms. The van der Waals surface area contributed by atoms with E-state index >= 15 is 4.39 Å². The Kier molecular flexibility index (Phi) is 6.06. The number of aromatic amines is 1. The lowest BCUT2D eigenvalue weighted by atomic mass is 10.0. The molecule has 1 fully saturated rings. The zero-order valence-electron chi connectivity index (χ0n) is 18.6. The molecule has 192 valence electrons. The van der Waals surface area contributed by atoms with Crippen molar-refractivity contribution in [3.8, 4) is 0 Å². The first-order valence-corrected chi connectivity index (χ1v) is 12.3. The molecule has 0 atom stereocenters. The van der Waals surface area contributed by atoms with Crippen LogP contribution in [-0.4, -0.2) is 35.7 Å². The summed E-state index contributed by atoms with van der Waals surface area (Å²) < 4.78 is 97.9. The van der Waals surface area contributed by atoms with Crippen LogP contribution in [0.25, 0.3) is 11.0 Å². The number of nitrogens with one attached hydrogen (secondary N) is 3. The van der Waals surface area contributed by atoms with Gasteiger partial charge in [0.05, 0.1) is 22.2 Å². The molecule has 14 heteroatoms. The Bertz CT molecular complexity index is 1670. The maximum atomic E-state index is 15.4. The average Bonchev–Trinajstić information content (AvgIpc) is 3.57. The third-order valence-electron chi connectivity index (χ3n) is 5.78. The second-order valence-electron chi connectivity index (χ2n) is 8.39. The van der Waals surface area contributed by atoms with Crippen LogP contribution in [0.4, 0.5) is 33.5 Å². The quantitative estimate of drug-likeness (QED) is 0.173. The van der Waals surface area contributed by atoms with Crippen LogP contribution >= 0.6 is 0 Å². The number of ketones is 1. The molecule has 37 heavy (non-hydrogen) atoms. The zero-order chi connectivity index (χ0) is 26.5. The summed E-state index contributed by atoms with van der Waals surface area (Å²) in [4.78, 5) is 22.7. The second kappa shape index (κ2) is 9.10. The average molecular weight is 537 g/mol. The Balaban J connectivity index is 1.54. The molecule has 0 unspecified atom stereocenters. The monoisotopic (exact) mass is 537 g/mol. The standard InChI is InChI=1S/C23H16F5N5O3S/c24-11-5-14(26)19(27)16(6-11)37(35,36)33-15-4-3-13(25)18(20(15)28)21(34)12-8-30-23-17(12)22(31-9-32-23)29-7-10-1-2-10/h3-6,8-10,33H,1-2,7H2,(H2,29,30,31,32). The normalized spacial score (nSPS) is 13.6. The molecule has 1 saturated carbocycles. The lowest BCUT2D eigenvalue weighted by Crippen LogP contribution is -2.18. The van der Waals surface area contributed by atoms with Crippen LogP contribution < -0.4 is 10.0 Å². The molecule has 2 aromatic carbocycles. The Morgan fingerprint density at radius 1 is 1.03 bits per heavy atom. The second-order valence-corrected chi connectivity index (χ2v) is 10.0. The minimum Gasteiger partial charge on any atom is -0.369 e. The number of nitrogens with zero attached hydrogens (tertiary/aromatic N) is 2. The molecule has 0 aliphatic heterocycles. The molecule has 1 aliphatic rings. The minimum absolute atomic E-state index is 0.127. The van der Waals surface area contributed by atoms with E-state index < -0.39 is 61.0 Å². The van der Waals surface area contributed by atoms with Gasteiger partial charge >= 0.3 is 0 Å². The van der Waals surface area contributed by atoms with Crippen molar-refractivity contribution in [2.75, 3.05) is 16.6 Å². The topological polar surface area (TPSA) is 117 Å². The molecule has 0 bridgehead atoms. The number of H-pyrrole nitrogens is 1. The third kappa shape index (κ3) is 4.59. The molecule has 1 aliphatic carbocycles. The highest BCUT2D eigenvalue weighted by Gasteiger charge is 2.29. The molecule has 0 radical (unpaired) electrons. The van der Waals surface area contributed by atoms with Gasteiger partial charge < -0.3 is 10.3 Å². The van der Waals surface area contributed by atoms with Crippen molar-refractivity contribution in [3.05, 3.63) is 77.0 Å². The number of hydrogen-bond donors (Lipinski definition) is 3. The lowest BCUT2D eigenvalue weighted by molar-refractivity contribution is 0.103. The Morgan fingerprint density at radius 3 is 2.51 bits per heavy atom. The van der Waals surface area contributed by atoms with Crippen LogP contribution in [0.5, 0.6) is 0 Å². The number of benzene rings is 2. The smallest absolute Gasteiger partial charge is 0.265 e. The van der Waals surface area contributed by atoms with Crippen LogP contribution in [0.1, 0.15) is 28.8 Å². The molecule has 2 heterocycles. The number of sulfonamides is 1. The molecule has 0 saturated heterocycles. The van der Waals surface area contributed by atoms with Crippen molar-refractivity contribution in [3.63, 3.8) is 0 Å². The Hall–Kier alpha value is -4.07. The van der Waals surface area contributed by atoms with Gasteiger partial charge in [-0.15, -0.1) is 0 Å². The molecule has 0 amide bonds. The van der Waals surface area contributed by atoms with Crippen molar-refractivity contribution in [2.45, 2.75) is 17.7 Å². The fraction of sp³-hybridized carbons (Fsp3) is 0.174. The maximum Gasteiger partial charge on any atom is 0.265 e. The summed E-state index contributed by atoms with van der Waals surface area (Å²) in [6, 6.07) is 1.58. The van der Waals surface area contributed by atoms with E-state index in [-0.39, 0.29) is 34.5 Å². The van der Waals surface area contributed by atoms with Gasteiger partial charge in [-0.2, -0.15) is 0 Å². The van der Waals surface area contributed by atoms with Gasteiger partial charge in [-0.25, -0.2) is 40.3 Å². The highest BCUT2D eigenvalue weighted by molar-refractivity contribution is 7.92. The van der Waals surface area contributed by atoms with Gasteiger partial charge in [0.25, 0.3) is 10.0 Å². The van der Waals surface area contributed by atoms with E-state index in [0.717, 1.165) is 12.8 Å². The molecule has 5 rings (SSSR count). The summed E-state index contributed by atoms with van der Waals surface area (Å²) in [5, 5.41) is 3.26. The van der Waals surface area contributed by atoms with Crippen LogP contribution in [0, 0.1) is 35.0 Å². The van der Waals surface area contributed by atoms with E-state index in [4.69, 9.17) is 0 Å². The maximum absolute atomic E-state index is 15.4. The molecular formula is C23H16F5N5O3S. The van der Waals surface area contributed by atoms with E-state index in [2.05, 4.69) is 20.3 Å². The highest BCUT2D eigenvalue weighted by atomic mass is 32.2. The van der Waals surface area contributed by atoms with Crippen molar-refractivity contribution in [1.82, 2.24) is 15.0 Å². The van der Waals surface area contributed by atoms with Crippen molar-refractivity contribution in [1.29, 1.82) is 0 Å². The van der Waals surface area contributed by atoms with Gasteiger partial charge in [0, 0.05) is 18.8 Å². The fourth-order valence-electron chi connectivity index (χ4n) is 3.74. The van der Waals surface area contributed by atoms with E-state index in [9.17, 15) is 30.8 Å². The minimum atomic E-state index is -5.09. The largest absolute Gasteiger partial charge is 0.369 e. The summed E-state index contributed by atoms with van der Waals surface area (Å²) in [6.07, 6.45) is 4.49. The number of aromatic nitrogens is 3. The highest BCUT2D eigenvalue weighted by Crippen LogP contribution is 2.33. The van der Waals surface area contributed by atoms with Crippen molar-refractivity contribution >= 4 is 38.3 Å². The van der Waals surface area contributed by atoms with Gasteiger partial charge in [0.1, 0.15) is 34.3 Å². The van der Waals surface area contributed by atoms with Crippen LogP contribution in [0.2, 0.25) is 0 Å². The van der Waals surface area contributed by atoms with Gasteiger partial charge in [-0.1, -0.05) is 0 Å². The zero-order valence-corrected chi connectivity index (χ0v) is 19.4. The summed E-state index contributed by atoms with van der Waals surface area (Å²) >= 11 is 0. The van der Waals surface area contributed by atoms with Gasteiger partial charge in [0.15, 0.2) is 17.5 Å². The lowest BCUT2D eigenvalue weighted by Gasteiger charge is -2.13. The van der Waals surface area contributed by atoms with Gasteiger partial charge in [0.2, 0.25) is 5.78 Å². The van der Waals surface area contributed by atoms with Crippen molar-refractivity contribution < 1.29 is 35.2 Å². The first kappa shape index (κ1) is 24.6. The van der Waals surface area contributed by atoms with E-state index in [1.807, 2.05) is 0 Å². The SMILES string of the molecule is O=C(c1c(F)ccc(NS(=O)(=O)c2cc(F)cc(F)c2F)c1F)c1c[nH]c2ncnc(NCC3CC3)c12. The Morgan fingerprint density at radius 2 is 1.78 bits per heavy atom. The van der Waals surface area contributed by atoms with E-state index in [1.165, 1.54) is 12.5 Å². The van der Waals surface area contributed by atoms with Gasteiger partial charge in [-0.05, 0) is 37.0 Å². The number of anilines is 2. The predicted octanol–water partition coefficient (Wildman–Crippen LogP) is 4.51. The predicted molar refractivity (Wildman–Crippen MR) is 122 cm³/mol. The molecule has 8 nitrogen and oxygen atoms in total. The molecule has 3 N–H and O–H groups in total. The number of rotatable bonds is 8. The number of hydrogen-bond acceptors (Lipinski definition) is 6. The number of halogens is 5. The van der Waals surface area contributed by atoms with Crippen LogP contribution in [0.15, 0.2) is 41.7 Å². The fourth-order valence-corrected chi connectivity index (χ4v) is 4.90. The van der Waals surface area contributed by atoms with Crippen LogP contribution in [0.3, 0.4) is 0 Å². The third-order valence-corrected chi connectivity index (χ3v) is 7.15. The number of carbonyl (C=O) groups excluding carboxylic acids is 1. The summed E-state index contributed by atoms with van der Waals surface area (Å²) in [5.41, 5.74) is -2.04. The summed E-state index contributed by atoms with van der Waals surface area (Å²) in [7, 11) is -5.09. The van der Waals surface area contributed by atoms with Crippen molar-refractivity contribution in [2.24, 2.45) is 5.92 Å². The summed E-state index contributed by atoms with van der Waals surface area (Å²) in [6.45, 7) is 0.572. The number of fused-ring (bicyclic) bond motifs is 1. The first-order chi connectivity index (χ1) is 17.6. The van der Waals surface area contributed by atoms with Gasteiger partial charge in [-0.3, -0.25) is 9.52 Å². The molecule has 2 aromatic heterocycles. The Labute approximate surface area is 206 Å².